The van der Waals surface area contributed by atoms with Gasteiger partial charge in [-0.15, -0.1) is 0 Å². The standard InChI is InChI=1S/C12H9NP.C7H9.2ClH.Ti/c1-2-4-11-8-12(7-10(11)3-1)13-5-6-14-9-13;1-6-4-3-5-7(6)2;;;/h1-9H;4H,3H2,1-2H3;2*1H;/q;;;;+2/p-2. The van der Waals surface area contributed by atoms with Crippen molar-refractivity contribution in [3.05, 3.63) is 74.4 Å². The molecule has 5 heteroatoms. The zero-order valence-corrected chi connectivity index (χ0v) is 17.6. The van der Waals surface area contributed by atoms with Crippen LogP contribution in [0.15, 0.2) is 63.3 Å². The second-order valence-electron chi connectivity index (χ2n) is 5.94. The van der Waals surface area contributed by atoms with Crippen LogP contribution < -0.4 is 24.8 Å². The quantitative estimate of drug-likeness (QED) is 0.620. The van der Waals surface area contributed by atoms with Gasteiger partial charge in [-0.1, -0.05) is 0 Å². The van der Waals surface area contributed by atoms with Gasteiger partial charge < -0.3 is 24.8 Å². The van der Waals surface area contributed by atoms with Crippen LogP contribution in [-0.2, 0) is 19.2 Å². The van der Waals surface area contributed by atoms with Gasteiger partial charge in [0.15, 0.2) is 0 Å². The average molecular weight is 410 g/mol. The molecular formula is C19H18Cl2NPTi. The van der Waals surface area contributed by atoms with Gasteiger partial charge in [-0.05, 0) is 0 Å². The van der Waals surface area contributed by atoms with Gasteiger partial charge in [-0.3, -0.25) is 0 Å². The first-order valence-electron chi connectivity index (χ1n) is 7.66. The van der Waals surface area contributed by atoms with Crippen LogP contribution in [0, 0.1) is 0 Å². The van der Waals surface area contributed by atoms with Crippen LogP contribution in [0.2, 0.25) is 0 Å². The van der Waals surface area contributed by atoms with Crippen LogP contribution in [0.4, 0.5) is 0 Å². The maximum atomic E-state index is 2.40. The Morgan fingerprint density at radius 3 is 2.62 bits per heavy atom. The van der Waals surface area contributed by atoms with Gasteiger partial charge in [0.1, 0.15) is 0 Å². The van der Waals surface area contributed by atoms with Crippen molar-refractivity contribution in [2.24, 2.45) is 0 Å². The van der Waals surface area contributed by atoms with Gasteiger partial charge in [0.25, 0.3) is 0 Å². The molecule has 1 atom stereocenters. The van der Waals surface area contributed by atoms with Crippen molar-refractivity contribution in [2.75, 3.05) is 0 Å². The van der Waals surface area contributed by atoms with E-state index in [1.807, 2.05) is 0 Å². The minimum Gasteiger partial charge on any atom is -1.00 e. The van der Waals surface area contributed by atoms with Crippen LogP contribution in [0.1, 0.15) is 35.6 Å². The summed E-state index contributed by atoms with van der Waals surface area (Å²) in [5.41, 5.74) is 7.47. The molecule has 4 rings (SSSR count). The Hall–Kier alpha value is -0.556. The molecule has 0 radical (unpaired) electrons. The van der Waals surface area contributed by atoms with Gasteiger partial charge >= 0.3 is 143 Å². The summed E-state index contributed by atoms with van der Waals surface area (Å²) >= 11 is -0.196. The fourth-order valence-corrected chi connectivity index (χ4v) is 6.67. The molecule has 1 nitrogen and oxygen atoms in total. The first kappa shape index (κ1) is 19.8. The van der Waals surface area contributed by atoms with E-state index in [1.54, 1.807) is 9.45 Å². The molecule has 0 bridgehead atoms. The molecular weight excluding hydrogens is 392 g/mol. The first-order valence-corrected chi connectivity index (χ1v) is 10.4. The summed E-state index contributed by atoms with van der Waals surface area (Å²) in [5.74, 6) is 4.49. The topological polar surface area (TPSA) is 4.93 Å². The van der Waals surface area contributed by atoms with Gasteiger partial charge in [-0.2, -0.15) is 0 Å². The van der Waals surface area contributed by atoms with Crippen molar-refractivity contribution in [2.45, 2.75) is 24.5 Å². The molecule has 0 saturated carbocycles. The molecule has 1 heterocycles. The SMILES string of the molecule is CC1=CC[C]([Ti+2][CH]2C(n3ccpc3)=Cc3ccccc32)=C1C.[Cl-].[Cl-]. The molecule has 2 aliphatic rings. The van der Waals surface area contributed by atoms with E-state index in [0.29, 0.717) is 4.22 Å². The van der Waals surface area contributed by atoms with E-state index >= 15 is 0 Å². The summed E-state index contributed by atoms with van der Waals surface area (Å²) in [4.78, 5) is 0. The van der Waals surface area contributed by atoms with Crippen molar-refractivity contribution in [3.63, 3.8) is 0 Å². The summed E-state index contributed by atoms with van der Waals surface area (Å²) in [7, 11) is 1.29. The maximum Gasteiger partial charge on any atom is -1.00 e. The van der Waals surface area contributed by atoms with Crippen LogP contribution in [0.25, 0.3) is 11.8 Å². The molecule has 24 heavy (non-hydrogen) atoms. The Morgan fingerprint density at radius 2 is 1.96 bits per heavy atom. The first-order chi connectivity index (χ1) is 10.7. The normalized spacial score (nSPS) is 18.5. The average Bonchev–Trinajstić information content (AvgIpc) is 3.23. The number of hydrogen-bond donors (Lipinski definition) is 0. The van der Waals surface area contributed by atoms with Gasteiger partial charge in [0.05, 0.1) is 0 Å². The Kier molecular flexibility index (Phi) is 6.77. The molecule has 1 unspecified atom stereocenters. The van der Waals surface area contributed by atoms with Gasteiger partial charge in [-0.25, -0.2) is 0 Å². The second-order valence-corrected chi connectivity index (χ2v) is 9.06. The molecule has 0 aliphatic heterocycles. The number of hydrogen-bond acceptors (Lipinski definition) is 0. The molecule has 0 saturated heterocycles. The predicted molar refractivity (Wildman–Crippen MR) is 91.4 cm³/mol. The third-order valence-electron chi connectivity index (χ3n) is 4.68. The molecule has 2 aliphatic carbocycles. The molecule has 0 fully saturated rings. The van der Waals surface area contributed by atoms with E-state index in [9.17, 15) is 0 Å². The summed E-state index contributed by atoms with van der Waals surface area (Å²) in [6.45, 7) is 4.56. The number of allylic oxidation sites excluding steroid dienone is 5. The van der Waals surface area contributed by atoms with Crippen LogP contribution in [-0.4, -0.2) is 4.57 Å². The van der Waals surface area contributed by atoms with Crippen LogP contribution in [0.5, 0.6) is 0 Å². The largest absolute Gasteiger partial charge is 1.00 e. The number of aromatic nitrogens is 1. The van der Waals surface area contributed by atoms with E-state index in [4.69, 9.17) is 0 Å². The zero-order valence-electron chi connectivity index (χ0n) is 13.6. The van der Waals surface area contributed by atoms with Crippen molar-refractivity contribution >= 4 is 20.0 Å². The molecule has 2 aromatic rings. The van der Waals surface area contributed by atoms with Gasteiger partial charge in [0.2, 0.25) is 0 Å². The molecule has 0 spiro atoms. The fourth-order valence-electron chi connectivity index (χ4n) is 3.24. The van der Waals surface area contributed by atoms with Crippen LogP contribution >= 0.6 is 8.19 Å². The van der Waals surface area contributed by atoms with Crippen molar-refractivity contribution in [1.29, 1.82) is 0 Å². The minimum absolute atomic E-state index is 0. The fraction of sp³-hybridized carbons (Fsp3) is 0.211. The summed E-state index contributed by atoms with van der Waals surface area (Å²) < 4.78 is 4.68. The third-order valence-corrected chi connectivity index (χ3v) is 8.22. The predicted octanol–water partition coefficient (Wildman–Crippen LogP) is -0.164. The number of benzene rings is 1. The van der Waals surface area contributed by atoms with Crippen LogP contribution in [0.3, 0.4) is 0 Å². The molecule has 0 N–H and O–H groups in total. The monoisotopic (exact) mass is 409 g/mol. The van der Waals surface area contributed by atoms with E-state index in [1.165, 1.54) is 37.0 Å². The third kappa shape index (κ3) is 3.52. The van der Waals surface area contributed by atoms with Gasteiger partial charge in [0, 0.05) is 0 Å². The zero-order chi connectivity index (χ0) is 15.1. The van der Waals surface area contributed by atoms with E-state index < -0.39 is 0 Å². The minimum atomic E-state index is -0.196. The second kappa shape index (κ2) is 8.22. The summed E-state index contributed by atoms with van der Waals surface area (Å²) in [5, 5.41) is 0. The van der Waals surface area contributed by atoms with E-state index in [-0.39, 0.29) is 44.0 Å². The number of halogens is 2. The molecule has 0 amide bonds. The molecule has 122 valence electrons. The Bertz CT molecular complexity index is 822. The Balaban J connectivity index is 0.00000104. The molecule has 1 aromatic carbocycles. The van der Waals surface area contributed by atoms with E-state index in [0.717, 1.165) is 0 Å². The number of nitrogens with zero attached hydrogens (tertiary/aromatic N) is 1. The maximum absolute atomic E-state index is 2.40. The van der Waals surface area contributed by atoms with Crippen molar-refractivity contribution < 1.29 is 44.0 Å². The van der Waals surface area contributed by atoms with Crippen molar-refractivity contribution in [1.82, 2.24) is 4.57 Å². The number of rotatable bonds is 3. The van der Waals surface area contributed by atoms with E-state index in [2.05, 4.69) is 72.8 Å². The summed E-state index contributed by atoms with van der Waals surface area (Å²) in [6.07, 6.45) is 8.20. The summed E-state index contributed by atoms with van der Waals surface area (Å²) in [6, 6.07) is 8.94. The Labute approximate surface area is 166 Å². The smallest absolute Gasteiger partial charge is 1.00 e. The number of fused-ring (bicyclic) bond motifs is 1. The Morgan fingerprint density at radius 1 is 1.17 bits per heavy atom. The molecule has 1 aromatic heterocycles. The van der Waals surface area contributed by atoms with Crippen molar-refractivity contribution in [3.8, 4) is 0 Å².